The molecule has 0 amide bonds. The summed E-state index contributed by atoms with van der Waals surface area (Å²) in [7, 11) is 0. The summed E-state index contributed by atoms with van der Waals surface area (Å²) in [6, 6.07) is 63.1. The lowest BCUT2D eigenvalue weighted by molar-refractivity contribution is 1.19. The molecule has 0 radical (unpaired) electrons. The van der Waals surface area contributed by atoms with Gasteiger partial charge in [-0.2, -0.15) is 0 Å². The van der Waals surface area contributed by atoms with Crippen LogP contribution in [0, 0.1) is 0 Å². The van der Waals surface area contributed by atoms with E-state index in [-0.39, 0.29) is 0 Å². The van der Waals surface area contributed by atoms with Gasteiger partial charge in [-0.05, 0) is 82.9 Å². The lowest BCUT2D eigenvalue weighted by Crippen LogP contribution is -1.96. The quantitative estimate of drug-likeness (QED) is 0.174. The minimum atomic E-state index is 1.19. The van der Waals surface area contributed by atoms with E-state index >= 15 is 0 Å². The van der Waals surface area contributed by atoms with Crippen molar-refractivity contribution in [2.24, 2.45) is 0 Å². The number of hydrogen-bond acceptors (Lipinski definition) is 1. The normalized spacial score (nSPS) is 12.3. The van der Waals surface area contributed by atoms with Crippen LogP contribution in [0.4, 0.5) is 0 Å². The average Bonchev–Trinajstić information content (AvgIpc) is 3.82. The first-order valence-corrected chi connectivity index (χ1v) is 18.3. The Hall–Kier alpha value is -6.42. The van der Waals surface area contributed by atoms with Crippen LogP contribution in [-0.2, 0) is 0 Å². The van der Waals surface area contributed by atoms with E-state index in [4.69, 9.17) is 0 Å². The molecule has 0 fully saturated rings. The lowest BCUT2D eigenvalue weighted by Gasteiger charge is -2.15. The number of para-hydroxylation sites is 3. The van der Waals surface area contributed by atoms with Crippen molar-refractivity contribution in [1.29, 1.82) is 0 Å². The van der Waals surface area contributed by atoms with E-state index in [2.05, 4.69) is 179 Å². The number of hydrogen-bond donors (Lipinski definition) is 0. The van der Waals surface area contributed by atoms with Gasteiger partial charge in [-0.3, -0.25) is 0 Å². The first kappa shape index (κ1) is 27.4. The molecule has 0 saturated heterocycles. The van der Waals surface area contributed by atoms with Gasteiger partial charge in [-0.25, -0.2) is 0 Å². The molecule has 0 saturated carbocycles. The third-order valence-corrected chi connectivity index (χ3v) is 12.2. The Bertz CT molecular complexity index is 3260. The standard InChI is InChI=1S/C48H28N2S/c1-2-11-33-32(10-1)37-15-9-16-38-34-12-3-7-18-43(34)50(48(37)38)45-24-21-29(26-39(33)45)30-20-23-44-40(27-30)35-13-4-6-17-42(35)49(44)31-22-25-47-41(28-31)36-14-5-8-19-46(36)51-47/h1-28H. The molecule has 0 aliphatic carbocycles. The molecule has 0 N–H and O–H groups in total. The van der Waals surface area contributed by atoms with Crippen LogP contribution >= 0.6 is 11.3 Å². The van der Waals surface area contributed by atoms with Crippen molar-refractivity contribution in [2.45, 2.75) is 0 Å². The van der Waals surface area contributed by atoms with Gasteiger partial charge in [0.15, 0.2) is 0 Å². The summed E-state index contributed by atoms with van der Waals surface area (Å²) >= 11 is 1.87. The summed E-state index contributed by atoms with van der Waals surface area (Å²) in [6.07, 6.45) is 0. The maximum absolute atomic E-state index is 2.49. The summed E-state index contributed by atoms with van der Waals surface area (Å²) in [4.78, 5) is 0. The summed E-state index contributed by atoms with van der Waals surface area (Å²) < 4.78 is 7.58. The van der Waals surface area contributed by atoms with Gasteiger partial charge in [-0.15, -0.1) is 11.3 Å². The van der Waals surface area contributed by atoms with Crippen LogP contribution in [0.2, 0.25) is 0 Å². The molecule has 12 rings (SSSR count). The van der Waals surface area contributed by atoms with Crippen LogP contribution in [0.15, 0.2) is 170 Å². The zero-order chi connectivity index (χ0) is 33.2. The predicted octanol–water partition coefficient (Wildman–Crippen LogP) is 13.6. The Morgan fingerprint density at radius 2 is 0.941 bits per heavy atom. The Balaban J connectivity index is 1.08. The molecule has 236 valence electrons. The molecule has 51 heavy (non-hydrogen) atoms. The zero-order valence-electron chi connectivity index (χ0n) is 27.5. The molecule has 1 aliphatic heterocycles. The van der Waals surface area contributed by atoms with Gasteiger partial charge in [0, 0.05) is 58.5 Å². The zero-order valence-corrected chi connectivity index (χ0v) is 28.3. The Kier molecular flexibility index (Phi) is 5.41. The van der Waals surface area contributed by atoms with Crippen molar-refractivity contribution >= 4 is 75.1 Å². The Morgan fingerprint density at radius 1 is 0.333 bits per heavy atom. The third-order valence-electron chi connectivity index (χ3n) is 11.1. The number of nitrogens with zero attached hydrogens (tertiary/aromatic N) is 2. The van der Waals surface area contributed by atoms with Crippen molar-refractivity contribution in [3.63, 3.8) is 0 Å². The molecule has 4 heterocycles. The number of rotatable bonds is 2. The minimum Gasteiger partial charge on any atom is -0.309 e. The molecule has 0 spiro atoms. The van der Waals surface area contributed by atoms with E-state index in [1.165, 1.54) is 109 Å². The van der Waals surface area contributed by atoms with Gasteiger partial charge in [0.2, 0.25) is 0 Å². The minimum absolute atomic E-state index is 1.19. The average molecular weight is 665 g/mol. The fourth-order valence-corrected chi connectivity index (χ4v) is 9.94. The van der Waals surface area contributed by atoms with Crippen molar-refractivity contribution in [3.8, 4) is 44.8 Å². The highest BCUT2D eigenvalue weighted by Crippen LogP contribution is 2.48. The molecule has 0 bridgehead atoms. The van der Waals surface area contributed by atoms with Crippen LogP contribution in [0.5, 0.6) is 0 Å². The van der Waals surface area contributed by atoms with Crippen LogP contribution in [0.25, 0.3) is 109 Å². The largest absolute Gasteiger partial charge is 0.309 e. The molecule has 11 aromatic rings. The molecule has 8 aromatic carbocycles. The molecule has 3 aromatic heterocycles. The van der Waals surface area contributed by atoms with E-state index < -0.39 is 0 Å². The number of aromatic nitrogens is 2. The summed E-state index contributed by atoms with van der Waals surface area (Å²) in [6.45, 7) is 0. The summed E-state index contributed by atoms with van der Waals surface area (Å²) in [5.41, 5.74) is 14.9. The van der Waals surface area contributed by atoms with Crippen molar-refractivity contribution in [1.82, 2.24) is 9.13 Å². The van der Waals surface area contributed by atoms with Crippen molar-refractivity contribution < 1.29 is 0 Å². The second kappa shape index (κ2) is 10.1. The fourth-order valence-electron chi connectivity index (χ4n) is 8.85. The van der Waals surface area contributed by atoms with Crippen LogP contribution < -0.4 is 0 Å². The summed E-state index contributed by atoms with van der Waals surface area (Å²) in [5, 5.41) is 7.75. The maximum Gasteiger partial charge on any atom is 0.0619 e. The third kappa shape index (κ3) is 3.71. The highest BCUT2D eigenvalue weighted by molar-refractivity contribution is 7.25. The maximum atomic E-state index is 2.49. The highest BCUT2D eigenvalue weighted by atomic mass is 32.1. The first-order chi connectivity index (χ1) is 25.3. The molecular formula is C48H28N2S. The van der Waals surface area contributed by atoms with E-state index in [9.17, 15) is 0 Å². The van der Waals surface area contributed by atoms with Crippen LogP contribution in [-0.4, -0.2) is 9.13 Å². The van der Waals surface area contributed by atoms with Crippen molar-refractivity contribution in [3.05, 3.63) is 170 Å². The fraction of sp³-hybridized carbons (Fsp3) is 0. The van der Waals surface area contributed by atoms with Gasteiger partial charge in [0.25, 0.3) is 0 Å². The van der Waals surface area contributed by atoms with Gasteiger partial charge >= 0.3 is 0 Å². The second-order valence-electron chi connectivity index (χ2n) is 13.7. The molecular weight excluding hydrogens is 637 g/mol. The smallest absolute Gasteiger partial charge is 0.0619 e. The molecule has 3 heteroatoms. The second-order valence-corrected chi connectivity index (χ2v) is 14.8. The number of benzene rings is 8. The van der Waals surface area contributed by atoms with Gasteiger partial charge in [0.1, 0.15) is 0 Å². The van der Waals surface area contributed by atoms with E-state index in [1.54, 1.807) is 0 Å². The summed E-state index contributed by atoms with van der Waals surface area (Å²) in [5.74, 6) is 0. The number of thiophene rings is 1. The van der Waals surface area contributed by atoms with Gasteiger partial charge in [0.05, 0.1) is 27.8 Å². The first-order valence-electron chi connectivity index (χ1n) is 17.5. The van der Waals surface area contributed by atoms with E-state index in [0.29, 0.717) is 0 Å². The number of fused-ring (bicyclic) bond motifs is 14. The molecule has 0 atom stereocenters. The van der Waals surface area contributed by atoms with Crippen molar-refractivity contribution in [2.75, 3.05) is 0 Å². The topological polar surface area (TPSA) is 9.86 Å². The predicted molar refractivity (Wildman–Crippen MR) is 218 cm³/mol. The Labute approximate surface area is 297 Å². The highest BCUT2D eigenvalue weighted by Gasteiger charge is 2.24. The van der Waals surface area contributed by atoms with Crippen LogP contribution in [0.3, 0.4) is 0 Å². The monoisotopic (exact) mass is 664 g/mol. The van der Waals surface area contributed by atoms with Gasteiger partial charge < -0.3 is 9.13 Å². The van der Waals surface area contributed by atoms with E-state index in [0.717, 1.165) is 0 Å². The molecule has 2 nitrogen and oxygen atoms in total. The SMILES string of the molecule is c1ccc2c(c1)-c1cc(-c3ccc4c(c3)c3ccccc3n4-c3ccc4sc5ccccc5c4c3)ccc1-n1c3ccccc3c3cccc-2c31. The van der Waals surface area contributed by atoms with Crippen LogP contribution in [0.1, 0.15) is 0 Å². The lowest BCUT2D eigenvalue weighted by atomic mass is 9.91. The Morgan fingerprint density at radius 3 is 1.80 bits per heavy atom. The van der Waals surface area contributed by atoms with E-state index in [1.807, 2.05) is 11.3 Å². The molecule has 1 aliphatic rings. The van der Waals surface area contributed by atoms with Gasteiger partial charge in [-0.1, -0.05) is 109 Å². The molecule has 0 unspecified atom stereocenters.